The molecule has 2 N–H and O–H groups in total. The summed E-state index contributed by atoms with van der Waals surface area (Å²) in [5, 5.41) is 11.1. The van der Waals surface area contributed by atoms with E-state index in [0.29, 0.717) is 18.9 Å². The first-order valence-electron chi connectivity index (χ1n) is 5.46. The molecule has 0 unspecified atom stereocenters. The maximum atomic E-state index is 10.6. The highest BCUT2D eigenvalue weighted by atomic mass is 16.5. The Morgan fingerprint density at radius 3 is 2.56 bits per heavy atom. The second kappa shape index (κ2) is 7.11. The molecule has 0 heterocycles. The summed E-state index contributed by atoms with van der Waals surface area (Å²) >= 11 is 0. The highest BCUT2D eigenvalue weighted by Crippen LogP contribution is 2.12. The number of aliphatic carboxylic acids is 1. The number of carboxylic acids is 1. The molecule has 0 spiro atoms. The fraction of sp³-hybridized carbons (Fsp3) is 0.231. The highest BCUT2D eigenvalue weighted by Gasteiger charge is 1.95. The van der Waals surface area contributed by atoms with Crippen LogP contribution in [0, 0.1) is 0 Å². The van der Waals surface area contributed by atoms with Crippen molar-refractivity contribution in [1.82, 2.24) is 5.32 Å². The molecule has 0 aliphatic heterocycles. The number of benzene rings is 1. The van der Waals surface area contributed by atoms with E-state index in [-0.39, 0.29) is 5.91 Å². The topological polar surface area (TPSA) is 75.6 Å². The minimum atomic E-state index is -0.981. The van der Waals surface area contributed by atoms with Gasteiger partial charge in [0.05, 0.1) is 6.54 Å². The summed E-state index contributed by atoms with van der Waals surface area (Å²) < 4.78 is 5.38. The first-order valence-corrected chi connectivity index (χ1v) is 5.46. The van der Waals surface area contributed by atoms with Gasteiger partial charge in [-0.1, -0.05) is 12.1 Å². The zero-order valence-corrected chi connectivity index (χ0v) is 10.1. The number of carboxylic acid groups (broad SMARTS) is 1. The fourth-order valence-corrected chi connectivity index (χ4v) is 1.24. The predicted molar refractivity (Wildman–Crippen MR) is 67.3 cm³/mol. The van der Waals surface area contributed by atoms with Crippen LogP contribution in [0.2, 0.25) is 0 Å². The maximum absolute atomic E-state index is 10.6. The minimum absolute atomic E-state index is 0.0900. The van der Waals surface area contributed by atoms with Crippen molar-refractivity contribution in [1.29, 1.82) is 0 Å². The number of carbonyl (C=O) groups excluding carboxylic acids is 1. The van der Waals surface area contributed by atoms with Crippen LogP contribution in [0.25, 0.3) is 6.08 Å². The first kappa shape index (κ1) is 13.8. The Kier molecular flexibility index (Phi) is 5.44. The van der Waals surface area contributed by atoms with Gasteiger partial charge in [-0.2, -0.15) is 0 Å². The molecule has 5 heteroatoms. The van der Waals surface area contributed by atoms with Gasteiger partial charge in [-0.3, -0.25) is 4.79 Å². The summed E-state index contributed by atoms with van der Waals surface area (Å²) in [4.78, 5) is 20.9. The van der Waals surface area contributed by atoms with Crippen molar-refractivity contribution in [2.24, 2.45) is 0 Å². The summed E-state index contributed by atoms with van der Waals surface area (Å²) in [5.74, 6) is -0.397. The molecule has 0 aliphatic carbocycles. The highest BCUT2D eigenvalue weighted by molar-refractivity contribution is 5.85. The van der Waals surface area contributed by atoms with Gasteiger partial charge in [0.2, 0.25) is 5.91 Å². The van der Waals surface area contributed by atoms with E-state index in [9.17, 15) is 9.59 Å². The molecule has 0 fully saturated rings. The van der Waals surface area contributed by atoms with Gasteiger partial charge in [0, 0.05) is 13.0 Å². The Balaban J connectivity index is 2.40. The number of ether oxygens (including phenoxy) is 1. The van der Waals surface area contributed by atoms with Crippen molar-refractivity contribution < 1.29 is 19.4 Å². The van der Waals surface area contributed by atoms with Gasteiger partial charge in [-0.25, -0.2) is 4.79 Å². The lowest BCUT2D eigenvalue weighted by atomic mass is 10.2. The summed E-state index contributed by atoms with van der Waals surface area (Å²) in [6.07, 6.45) is 2.58. The molecule has 0 aromatic heterocycles. The van der Waals surface area contributed by atoms with E-state index in [4.69, 9.17) is 9.84 Å². The molecule has 0 radical (unpaired) electrons. The largest absolute Gasteiger partial charge is 0.492 e. The van der Waals surface area contributed by atoms with E-state index in [1.165, 1.54) is 13.0 Å². The number of amides is 1. The maximum Gasteiger partial charge on any atom is 0.328 e. The van der Waals surface area contributed by atoms with E-state index in [2.05, 4.69) is 5.32 Å². The average molecular weight is 249 g/mol. The van der Waals surface area contributed by atoms with Crippen LogP contribution in [-0.2, 0) is 9.59 Å². The molecule has 1 rings (SSSR count). The molecule has 0 bridgehead atoms. The molecule has 18 heavy (non-hydrogen) atoms. The van der Waals surface area contributed by atoms with Crippen LogP contribution in [0.15, 0.2) is 30.3 Å². The van der Waals surface area contributed by atoms with E-state index >= 15 is 0 Å². The second-order valence-electron chi connectivity index (χ2n) is 3.57. The molecule has 0 atom stereocenters. The zero-order chi connectivity index (χ0) is 13.4. The van der Waals surface area contributed by atoms with Gasteiger partial charge >= 0.3 is 5.97 Å². The summed E-state index contributed by atoms with van der Waals surface area (Å²) in [6.45, 7) is 2.30. The van der Waals surface area contributed by atoms with Crippen molar-refractivity contribution in [2.45, 2.75) is 6.92 Å². The van der Waals surface area contributed by atoms with Crippen LogP contribution >= 0.6 is 0 Å². The second-order valence-corrected chi connectivity index (χ2v) is 3.57. The summed E-state index contributed by atoms with van der Waals surface area (Å²) in [7, 11) is 0. The van der Waals surface area contributed by atoms with Gasteiger partial charge in [0.15, 0.2) is 0 Å². The lowest BCUT2D eigenvalue weighted by Gasteiger charge is -2.06. The number of hydrogen-bond donors (Lipinski definition) is 2. The zero-order valence-electron chi connectivity index (χ0n) is 10.1. The van der Waals surface area contributed by atoms with E-state index in [1.807, 2.05) is 0 Å². The summed E-state index contributed by atoms with van der Waals surface area (Å²) in [6, 6.07) is 7.00. The van der Waals surface area contributed by atoms with Gasteiger partial charge < -0.3 is 15.2 Å². The molecule has 0 saturated heterocycles. The number of nitrogens with one attached hydrogen (secondary N) is 1. The van der Waals surface area contributed by atoms with Crippen molar-refractivity contribution in [3.05, 3.63) is 35.9 Å². The third-order valence-corrected chi connectivity index (χ3v) is 2.04. The first-order chi connectivity index (χ1) is 8.58. The van der Waals surface area contributed by atoms with Crippen LogP contribution in [0.3, 0.4) is 0 Å². The normalized spacial score (nSPS) is 10.3. The Labute approximate surface area is 105 Å². The smallest absolute Gasteiger partial charge is 0.328 e. The van der Waals surface area contributed by atoms with Crippen LogP contribution in [0.4, 0.5) is 0 Å². The molecule has 1 aromatic carbocycles. The monoisotopic (exact) mass is 249 g/mol. The van der Waals surface area contributed by atoms with Crippen LogP contribution < -0.4 is 10.1 Å². The molecule has 0 aliphatic rings. The van der Waals surface area contributed by atoms with Crippen molar-refractivity contribution in [2.75, 3.05) is 13.2 Å². The van der Waals surface area contributed by atoms with Gasteiger partial charge in [-0.15, -0.1) is 0 Å². The van der Waals surface area contributed by atoms with Crippen LogP contribution in [-0.4, -0.2) is 30.1 Å². The van der Waals surface area contributed by atoms with E-state index in [0.717, 1.165) is 11.6 Å². The lowest BCUT2D eigenvalue weighted by molar-refractivity contribution is -0.131. The minimum Gasteiger partial charge on any atom is -0.492 e. The van der Waals surface area contributed by atoms with Gasteiger partial charge in [0.25, 0.3) is 0 Å². The summed E-state index contributed by atoms with van der Waals surface area (Å²) in [5.41, 5.74) is 0.784. The van der Waals surface area contributed by atoms with Gasteiger partial charge in [-0.05, 0) is 23.8 Å². The Bertz CT molecular complexity index is 437. The van der Waals surface area contributed by atoms with Crippen molar-refractivity contribution >= 4 is 18.0 Å². The Morgan fingerprint density at radius 1 is 1.33 bits per heavy atom. The molecular formula is C13H15NO4. The van der Waals surface area contributed by atoms with E-state index < -0.39 is 5.97 Å². The standard InChI is InChI=1S/C13H15NO4/c1-10(15)14-8-9-18-12-5-2-11(3-6-12)4-7-13(16)17/h2-7H,8-9H2,1H3,(H,14,15)(H,16,17)/b7-4+. The van der Waals surface area contributed by atoms with E-state index in [1.54, 1.807) is 24.3 Å². The van der Waals surface area contributed by atoms with Crippen LogP contribution in [0.5, 0.6) is 5.75 Å². The average Bonchev–Trinajstić information content (AvgIpc) is 2.33. The molecule has 1 amide bonds. The predicted octanol–water partition coefficient (Wildman–Crippen LogP) is 1.30. The van der Waals surface area contributed by atoms with Gasteiger partial charge in [0.1, 0.15) is 12.4 Å². The number of rotatable bonds is 6. The molecular weight excluding hydrogens is 234 g/mol. The Morgan fingerprint density at radius 2 is 2.00 bits per heavy atom. The van der Waals surface area contributed by atoms with Crippen molar-refractivity contribution in [3.63, 3.8) is 0 Å². The quantitative estimate of drug-likeness (QED) is 0.588. The molecule has 0 saturated carbocycles. The fourth-order valence-electron chi connectivity index (χ4n) is 1.24. The number of carbonyl (C=O) groups is 2. The molecule has 1 aromatic rings. The third-order valence-electron chi connectivity index (χ3n) is 2.04. The molecule has 96 valence electrons. The number of hydrogen-bond acceptors (Lipinski definition) is 3. The molecule has 5 nitrogen and oxygen atoms in total. The van der Waals surface area contributed by atoms with Crippen LogP contribution in [0.1, 0.15) is 12.5 Å². The SMILES string of the molecule is CC(=O)NCCOc1ccc(/C=C/C(=O)O)cc1. The Hall–Kier alpha value is -2.30. The van der Waals surface area contributed by atoms with Crippen molar-refractivity contribution in [3.8, 4) is 5.75 Å². The lowest BCUT2D eigenvalue weighted by Crippen LogP contribution is -2.25. The third kappa shape index (κ3) is 5.69.